The van der Waals surface area contributed by atoms with E-state index in [1.54, 1.807) is 0 Å². The summed E-state index contributed by atoms with van der Waals surface area (Å²) in [7, 11) is 0. The molecule has 1 atom stereocenters. The zero-order chi connectivity index (χ0) is 9.64. The van der Waals surface area contributed by atoms with Gasteiger partial charge in [-0.3, -0.25) is 0 Å². The molecule has 1 N–H and O–H groups in total. The molecular formula is C11H16ClNO2. The van der Waals surface area contributed by atoms with Gasteiger partial charge in [-0.15, -0.1) is 12.4 Å². The van der Waals surface area contributed by atoms with Crippen LogP contribution in [0.1, 0.15) is 5.56 Å². The average molecular weight is 230 g/mol. The number of hydrogen-bond donors (Lipinski definition) is 1. The molecule has 15 heavy (non-hydrogen) atoms. The van der Waals surface area contributed by atoms with Crippen LogP contribution in [-0.2, 0) is 16.1 Å². The maximum atomic E-state index is 5.58. The lowest BCUT2D eigenvalue weighted by atomic mass is 10.2. The first-order valence-corrected chi connectivity index (χ1v) is 4.93. The summed E-state index contributed by atoms with van der Waals surface area (Å²) in [6.07, 6.45) is -0.0936. The third-order valence-corrected chi connectivity index (χ3v) is 2.17. The minimum Gasteiger partial charge on any atom is -0.350 e. The summed E-state index contributed by atoms with van der Waals surface area (Å²) in [4.78, 5) is 0. The van der Waals surface area contributed by atoms with Gasteiger partial charge in [-0.1, -0.05) is 30.3 Å². The molecule has 0 bridgehead atoms. The van der Waals surface area contributed by atoms with Crippen molar-refractivity contribution in [2.75, 3.05) is 19.7 Å². The summed E-state index contributed by atoms with van der Waals surface area (Å²) in [6, 6.07) is 10.1. The Bertz CT molecular complexity index is 263. The lowest BCUT2D eigenvalue weighted by molar-refractivity contribution is -0.159. The van der Waals surface area contributed by atoms with E-state index in [4.69, 9.17) is 9.47 Å². The SMILES string of the molecule is Cl.c1ccc(COC2CNCCO2)cc1. The van der Waals surface area contributed by atoms with Gasteiger partial charge >= 0.3 is 0 Å². The highest BCUT2D eigenvalue weighted by Gasteiger charge is 2.12. The Balaban J connectivity index is 0.00000112. The first-order chi connectivity index (χ1) is 6.95. The van der Waals surface area contributed by atoms with Crippen molar-refractivity contribution in [3.8, 4) is 0 Å². The van der Waals surface area contributed by atoms with Crippen LogP contribution in [0, 0.1) is 0 Å². The van der Waals surface area contributed by atoms with Crippen molar-refractivity contribution in [3.63, 3.8) is 0 Å². The lowest BCUT2D eigenvalue weighted by Gasteiger charge is -2.23. The number of rotatable bonds is 3. The van der Waals surface area contributed by atoms with Crippen LogP contribution in [0.3, 0.4) is 0 Å². The summed E-state index contributed by atoms with van der Waals surface area (Å²) in [5.74, 6) is 0. The number of morpholine rings is 1. The summed E-state index contributed by atoms with van der Waals surface area (Å²) in [5, 5.41) is 3.22. The molecule has 2 rings (SSSR count). The molecule has 1 unspecified atom stereocenters. The van der Waals surface area contributed by atoms with Crippen LogP contribution >= 0.6 is 12.4 Å². The maximum absolute atomic E-state index is 5.58. The standard InChI is InChI=1S/C11H15NO2.ClH/c1-2-4-10(5-3-1)9-14-11-8-12-6-7-13-11;/h1-5,11-12H,6-9H2;1H. The highest BCUT2D eigenvalue weighted by molar-refractivity contribution is 5.85. The summed E-state index contributed by atoms with van der Waals surface area (Å²) < 4.78 is 11.0. The summed E-state index contributed by atoms with van der Waals surface area (Å²) in [5.41, 5.74) is 1.18. The normalized spacial score (nSPS) is 20.7. The van der Waals surface area contributed by atoms with Gasteiger partial charge in [0.05, 0.1) is 13.2 Å². The third-order valence-electron chi connectivity index (χ3n) is 2.17. The van der Waals surface area contributed by atoms with Crippen LogP contribution in [0.5, 0.6) is 0 Å². The van der Waals surface area contributed by atoms with E-state index >= 15 is 0 Å². The number of nitrogens with one attached hydrogen (secondary N) is 1. The van der Waals surface area contributed by atoms with E-state index < -0.39 is 0 Å². The van der Waals surface area contributed by atoms with Crippen molar-refractivity contribution in [1.29, 1.82) is 0 Å². The second-order valence-corrected chi connectivity index (χ2v) is 3.30. The quantitative estimate of drug-likeness (QED) is 0.854. The van der Waals surface area contributed by atoms with Gasteiger partial charge in [-0.2, -0.15) is 0 Å². The third kappa shape index (κ3) is 4.18. The largest absolute Gasteiger partial charge is 0.350 e. The Hall–Kier alpha value is -0.610. The van der Waals surface area contributed by atoms with E-state index in [1.807, 2.05) is 18.2 Å². The monoisotopic (exact) mass is 229 g/mol. The second-order valence-electron chi connectivity index (χ2n) is 3.30. The van der Waals surface area contributed by atoms with Crippen molar-refractivity contribution in [3.05, 3.63) is 35.9 Å². The fourth-order valence-electron chi connectivity index (χ4n) is 1.41. The van der Waals surface area contributed by atoms with E-state index in [2.05, 4.69) is 17.4 Å². The summed E-state index contributed by atoms with van der Waals surface area (Å²) in [6.45, 7) is 3.06. The van der Waals surface area contributed by atoms with Crippen molar-refractivity contribution in [2.24, 2.45) is 0 Å². The van der Waals surface area contributed by atoms with Gasteiger partial charge < -0.3 is 14.8 Å². The molecule has 1 aliphatic rings. The van der Waals surface area contributed by atoms with Crippen LogP contribution < -0.4 is 5.32 Å². The zero-order valence-electron chi connectivity index (χ0n) is 8.52. The molecule has 1 aliphatic heterocycles. The van der Waals surface area contributed by atoms with E-state index in [0.29, 0.717) is 6.61 Å². The zero-order valence-corrected chi connectivity index (χ0v) is 9.33. The van der Waals surface area contributed by atoms with E-state index in [-0.39, 0.29) is 18.7 Å². The minimum atomic E-state index is -0.0936. The van der Waals surface area contributed by atoms with Crippen LogP contribution in [0.25, 0.3) is 0 Å². The Morgan fingerprint density at radius 2 is 2.13 bits per heavy atom. The van der Waals surface area contributed by atoms with Crippen molar-refractivity contribution < 1.29 is 9.47 Å². The predicted molar refractivity (Wildman–Crippen MR) is 61.1 cm³/mol. The number of hydrogen-bond acceptors (Lipinski definition) is 3. The highest BCUT2D eigenvalue weighted by Crippen LogP contribution is 2.05. The Labute approximate surface area is 96.2 Å². The van der Waals surface area contributed by atoms with Gasteiger partial charge in [0.25, 0.3) is 0 Å². The van der Waals surface area contributed by atoms with E-state index in [0.717, 1.165) is 19.7 Å². The fourth-order valence-corrected chi connectivity index (χ4v) is 1.41. The maximum Gasteiger partial charge on any atom is 0.170 e. The van der Waals surface area contributed by atoms with Gasteiger partial charge in [0.2, 0.25) is 0 Å². The molecule has 0 aliphatic carbocycles. The van der Waals surface area contributed by atoms with Crippen molar-refractivity contribution in [2.45, 2.75) is 12.9 Å². The van der Waals surface area contributed by atoms with Gasteiger partial charge in [0.15, 0.2) is 6.29 Å². The van der Waals surface area contributed by atoms with Gasteiger partial charge in [0.1, 0.15) is 0 Å². The van der Waals surface area contributed by atoms with Gasteiger partial charge in [0, 0.05) is 13.1 Å². The lowest BCUT2D eigenvalue weighted by Crippen LogP contribution is -2.39. The van der Waals surface area contributed by atoms with Crippen LogP contribution in [0.2, 0.25) is 0 Å². The minimum absolute atomic E-state index is 0. The van der Waals surface area contributed by atoms with Crippen LogP contribution in [0.15, 0.2) is 30.3 Å². The number of benzene rings is 1. The second kappa shape index (κ2) is 6.80. The Morgan fingerprint density at radius 3 is 2.80 bits per heavy atom. The highest BCUT2D eigenvalue weighted by atomic mass is 35.5. The average Bonchev–Trinajstić information content (AvgIpc) is 2.29. The Morgan fingerprint density at radius 1 is 1.33 bits per heavy atom. The molecule has 0 radical (unpaired) electrons. The molecule has 0 spiro atoms. The van der Waals surface area contributed by atoms with Crippen LogP contribution in [-0.4, -0.2) is 26.0 Å². The number of halogens is 1. The molecule has 0 saturated carbocycles. The molecule has 0 aromatic heterocycles. The van der Waals surface area contributed by atoms with Crippen molar-refractivity contribution in [1.82, 2.24) is 5.32 Å². The van der Waals surface area contributed by atoms with Gasteiger partial charge in [-0.25, -0.2) is 0 Å². The molecule has 1 fully saturated rings. The molecular weight excluding hydrogens is 214 g/mol. The molecule has 3 nitrogen and oxygen atoms in total. The fraction of sp³-hybridized carbons (Fsp3) is 0.455. The first-order valence-electron chi connectivity index (χ1n) is 4.93. The Kier molecular flexibility index (Phi) is 5.65. The molecule has 4 heteroatoms. The van der Waals surface area contributed by atoms with Crippen molar-refractivity contribution >= 4 is 12.4 Å². The first kappa shape index (κ1) is 12.5. The van der Waals surface area contributed by atoms with E-state index in [1.165, 1.54) is 5.56 Å². The van der Waals surface area contributed by atoms with E-state index in [9.17, 15) is 0 Å². The molecule has 84 valence electrons. The predicted octanol–water partition coefficient (Wildman–Crippen LogP) is 1.57. The summed E-state index contributed by atoms with van der Waals surface area (Å²) >= 11 is 0. The molecule has 1 aromatic carbocycles. The topological polar surface area (TPSA) is 30.5 Å². The molecule has 1 saturated heterocycles. The molecule has 1 aromatic rings. The smallest absolute Gasteiger partial charge is 0.170 e. The molecule has 1 heterocycles. The van der Waals surface area contributed by atoms with Crippen LogP contribution in [0.4, 0.5) is 0 Å². The number of ether oxygens (including phenoxy) is 2. The van der Waals surface area contributed by atoms with Gasteiger partial charge in [-0.05, 0) is 5.56 Å². The molecule has 0 amide bonds.